The number of hydrogen-bond donors (Lipinski definition) is 1. The molecule has 2 aromatic rings. The van der Waals surface area contributed by atoms with Crippen molar-refractivity contribution in [3.63, 3.8) is 0 Å². The summed E-state index contributed by atoms with van der Waals surface area (Å²) < 4.78 is 5.08. The molecule has 0 saturated carbocycles. The number of methoxy groups -OCH3 is 1. The van der Waals surface area contributed by atoms with Crippen LogP contribution in [-0.4, -0.2) is 22.1 Å². The molecule has 2 heterocycles. The monoisotopic (exact) mass is 230 g/mol. The first-order valence-corrected chi connectivity index (χ1v) is 5.31. The Balaban J connectivity index is 2.06. The molecule has 5 heteroatoms. The Morgan fingerprint density at radius 1 is 1.29 bits per heavy atom. The van der Waals surface area contributed by atoms with E-state index >= 15 is 0 Å². The van der Waals surface area contributed by atoms with Crippen LogP contribution in [0.4, 0.5) is 5.95 Å². The van der Waals surface area contributed by atoms with E-state index in [1.807, 2.05) is 25.1 Å². The lowest BCUT2D eigenvalue weighted by atomic mass is 10.3. The number of anilines is 1. The maximum atomic E-state index is 5.08. The molecular weight excluding hydrogens is 216 g/mol. The molecule has 2 rings (SSSR count). The van der Waals surface area contributed by atoms with Gasteiger partial charge in [-0.05, 0) is 19.1 Å². The van der Waals surface area contributed by atoms with Gasteiger partial charge in [-0.1, -0.05) is 6.07 Å². The molecule has 2 aromatic heterocycles. The van der Waals surface area contributed by atoms with Crippen LogP contribution in [0.3, 0.4) is 0 Å². The lowest BCUT2D eigenvalue weighted by molar-refractivity contribution is 0.397. The van der Waals surface area contributed by atoms with E-state index in [1.54, 1.807) is 19.4 Å². The highest BCUT2D eigenvalue weighted by atomic mass is 16.5. The molecule has 0 radical (unpaired) electrons. The maximum absolute atomic E-state index is 5.08. The van der Waals surface area contributed by atoms with Crippen molar-refractivity contribution < 1.29 is 4.74 Å². The minimum atomic E-state index is 0.549. The molecular formula is C12H14N4O. The molecule has 0 spiro atoms. The molecule has 5 nitrogen and oxygen atoms in total. The van der Waals surface area contributed by atoms with Gasteiger partial charge in [0.05, 0.1) is 19.3 Å². The van der Waals surface area contributed by atoms with Gasteiger partial charge < -0.3 is 10.1 Å². The second-order valence-corrected chi connectivity index (χ2v) is 3.55. The summed E-state index contributed by atoms with van der Waals surface area (Å²) in [5, 5.41) is 3.11. The van der Waals surface area contributed by atoms with Crippen LogP contribution in [-0.2, 0) is 6.54 Å². The van der Waals surface area contributed by atoms with Crippen molar-refractivity contribution in [2.24, 2.45) is 0 Å². The molecule has 0 saturated heterocycles. The summed E-state index contributed by atoms with van der Waals surface area (Å²) in [5.74, 6) is 1.11. The van der Waals surface area contributed by atoms with Crippen LogP contribution in [0.1, 0.15) is 11.4 Å². The topological polar surface area (TPSA) is 59.9 Å². The quantitative estimate of drug-likeness (QED) is 0.867. The largest absolute Gasteiger partial charge is 0.481 e. The van der Waals surface area contributed by atoms with Crippen molar-refractivity contribution in [1.82, 2.24) is 15.0 Å². The zero-order valence-electron chi connectivity index (χ0n) is 9.84. The van der Waals surface area contributed by atoms with Crippen LogP contribution in [0.5, 0.6) is 5.88 Å². The third kappa shape index (κ3) is 3.14. The summed E-state index contributed by atoms with van der Waals surface area (Å²) in [5.41, 5.74) is 1.80. The van der Waals surface area contributed by atoms with Gasteiger partial charge in [-0.3, -0.25) is 4.98 Å². The number of rotatable bonds is 4. The predicted octanol–water partition coefficient (Wildman–Crippen LogP) is 1.80. The van der Waals surface area contributed by atoms with Crippen molar-refractivity contribution in [1.29, 1.82) is 0 Å². The fourth-order valence-electron chi connectivity index (χ4n) is 1.40. The minimum Gasteiger partial charge on any atom is -0.481 e. The molecule has 0 atom stereocenters. The van der Waals surface area contributed by atoms with E-state index in [9.17, 15) is 0 Å². The van der Waals surface area contributed by atoms with Crippen LogP contribution in [0, 0.1) is 6.92 Å². The SMILES string of the molecule is COc1cc(C)nc(NCc2ccccn2)n1. The molecule has 0 aliphatic carbocycles. The van der Waals surface area contributed by atoms with Gasteiger partial charge in [0.25, 0.3) is 0 Å². The third-order valence-electron chi connectivity index (χ3n) is 2.19. The highest BCUT2D eigenvalue weighted by Gasteiger charge is 2.02. The first kappa shape index (κ1) is 11.3. The lowest BCUT2D eigenvalue weighted by Gasteiger charge is -2.06. The molecule has 0 amide bonds. The van der Waals surface area contributed by atoms with Gasteiger partial charge in [-0.15, -0.1) is 0 Å². The van der Waals surface area contributed by atoms with Crippen molar-refractivity contribution in [2.45, 2.75) is 13.5 Å². The Bertz CT molecular complexity index is 487. The summed E-state index contributed by atoms with van der Waals surface area (Å²) in [6.45, 7) is 2.49. The highest BCUT2D eigenvalue weighted by Crippen LogP contribution is 2.11. The van der Waals surface area contributed by atoms with E-state index < -0.39 is 0 Å². The van der Waals surface area contributed by atoms with Crippen molar-refractivity contribution in [2.75, 3.05) is 12.4 Å². The van der Waals surface area contributed by atoms with Crippen LogP contribution in [0.25, 0.3) is 0 Å². The number of nitrogens with one attached hydrogen (secondary N) is 1. The Hall–Kier alpha value is -2.17. The zero-order chi connectivity index (χ0) is 12.1. The minimum absolute atomic E-state index is 0.549. The fraction of sp³-hybridized carbons (Fsp3) is 0.250. The number of hydrogen-bond acceptors (Lipinski definition) is 5. The standard InChI is InChI=1S/C12H14N4O/c1-9-7-11(17-2)16-12(15-9)14-8-10-5-3-4-6-13-10/h3-7H,8H2,1-2H3,(H,14,15,16). The summed E-state index contributed by atoms with van der Waals surface area (Å²) in [7, 11) is 1.59. The third-order valence-corrected chi connectivity index (χ3v) is 2.19. The summed E-state index contributed by atoms with van der Waals surface area (Å²) >= 11 is 0. The molecule has 88 valence electrons. The molecule has 1 N–H and O–H groups in total. The van der Waals surface area contributed by atoms with Crippen LogP contribution < -0.4 is 10.1 Å². The van der Waals surface area contributed by atoms with E-state index in [-0.39, 0.29) is 0 Å². The van der Waals surface area contributed by atoms with Gasteiger partial charge in [0.15, 0.2) is 0 Å². The van der Waals surface area contributed by atoms with Crippen LogP contribution in [0.15, 0.2) is 30.5 Å². The maximum Gasteiger partial charge on any atom is 0.226 e. The Morgan fingerprint density at radius 2 is 2.18 bits per heavy atom. The number of aryl methyl sites for hydroxylation is 1. The second kappa shape index (κ2) is 5.25. The molecule has 0 aliphatic rings. The van der Waals surface area contributed by atoms with Crippen molar-refractivity contribution in [3.8, 4) is 5.88 Å². The first-order chi connectivity index (χ1) is 8.28. The molecule has 0 bridgehead atoms. The van der Waals surface area contributed by atoms with E-state index in [1.165, 1.54) is 0 Å². The Morgan fingerprint density at radius 3 is 2.88 bits per heavy atom. The van der Waals surface area contributed by atoms with Gasteiger partial charge >= 0.3 is 0 Å². The summed E-state index contributed by atoms with van der Waals surface area (Å²) in [6.07, 6.45) is 1.76. The Kier molecular flexibility index (Phi) is 3.49. The number of nitrogens with zero attached hydrogens (tertiary/aromatic N) is 3. The van der Waals surface area contributed by atoms with E-state index in [4.69, 9.17) is 4.74 Å². The predicted molar refractivity (Wildman–Crippen MR) is 64.9 cm³/mol. The smallest absolute Gasteiger partial charge is 0.226 e. The zero-order valence-corrected chi connectivity index (χ0v) is 9.84. The lowest BCUT2D eigenvalue weighted by Crippen LogP contribution is -2.06. The number of aromatic nitrogens is 3. The van der Waals surface area contributed by atoms with Gasteiger partial charge in [-0.2, -0.15) is 4.98 Å². The number of ether oxygens (including phenoxy) is 1. The molecule has 17 heavy (non-hydrogen) atoms. The van der Waals surface area contributed by atoms with Crippen molar-refractivity contribution in [3.05, 3.63) is 41.9 Å². The van der Waals surface area contributed by atoms with Gasteiger partial charge in [0.2, 0.25) is 11.8 Å². The fourth-order valence-corrected chi connectivity index (χ4v) is 1.40. The molecule has 0 aromatic carbocycles. The molecule has 0 fully saturated rings. The summed E-state index contributed by atoms with van der Waals surface area (Å²) in [4.78, 5) is 12.7. The van der Waals surface area contributed by atoms with E-state index in [0.29, 0.717) is 18.4 Å². The van der Waals surface area contributed by atoms with E-state index in [2.05, 4.69) is 20.3 Å². The van der Waals surface area contributed by atoms with Crippen LogP contribution >= 0.6 is 0 Å². The first-order valence-electron chi connectivity index (χ1n) is 5.31. The van der Waals surface area contributed by atoms with E-state index in [0.717, 1.165) is 11.4 Å². The van der Waals surface area contributed by atoms with Crippen LogP contribution in [0.2, 0.25) is 0 Å². The normalized spacial score (nSPS) is 10.0. The van der Waals surface area contributed by atoms with Gasteiger partial charge in [0.1, 0.15) is 0 Å². The highest BCUT2D eigenvalue weighted by molar-refractivity contribution is 5.31. The van der Waals surface area contributed by atoms with Gasteiger partial charge in [0, 0.05) is 18.0 Å². The van der Waals surface area contributed by atoms with Crippen molar-refractivity contribution >= 4 is 5.95 Å². The Labute approximate surface area is 99.9 Å². The molecule has 0 unspecified atom stereocenters. The average Bonchev–Trinajstić information content (AvgIpc) is 2.37. The summed E-state index contributed by atoms with van der Waals surface area (Å²) in [6, 6.07) is 7.56. The number of pyridine rings is 1. The molecule has 0 aliphatic heterocycles. The average molecular weight is 230 g/mol. The second-order valence-electron chi connectivity index (χ2n) is 3.55. The van der Waals surface area contributed by atoms with Gasteiger partial charge in [-0.25, -0.2) is 4.98 Å².